The number of aryl methyl sites for hydroxylation is 1. The number of ketones is 1. The van der Waals surface area contributed by atoms with Crippen LogP contribution < -0.4 is 15.0 Å². The predicted octanol–water partition coefficient (Wildman–Crippen LogP) is 8.15. The van der Waals surface area contributed by atoms with Crippen LogP contribution in [0.2, 0.25) is 0 Å². The zero-order chi connectivity index (χ0) is 32.8. The van der Waals surface area contributed by atoms with Gasteiger partial charge >= 0.3 is 5.97 Å². The molecule has 0 heterocycles. The maximum atomic E-state index is 13.2. The lowest BCUT2D eigenvalue weighted by atomic mass is 10.00. The molecule has 0 aliphatic rings. The Morgan fingerprint density at radius 1 is 0.745 bits per heavy atom. The minimum absolute atomic E-state index is 0.114. The van der Waals surface area contributed by atoms with E-state index in [0.717, 1.165) is 37.2 Å². The molecule has 1 N–H and O–H groups in total. The summed E-state index contributed by atoms with van der Waals surface area (Å²) in [5, 5.41) is 3.27. The maximum Gasteiger partial charge on any atom is 0.328 e. The van der Waals surface area contributed by atoms with E-state index in [1.54, 1.807) is 18.2 Å². The zero-order valence-electron chi connectivity index (χ0n) is 27.1. The van der Waals surface area contributed by atoms with Crippen molar-refractivity contribution < 1.29 is 19.1 Å². The van der Waals surface area contributed by atoms with Crippen LogP contribution in [0.3, 0.4) is 0 Å². The summed E-state index contributed by atoms with van der Waals surface area (Å²) in [6.07, 6.45) is 2.25. The second-order valence-electron chi connectivity index (χ2n) is 11.4. The number of methoxy groups -OCH3 is 1. The lowest BCUT2D eigenvalue weighted by molar-refractivity contribution is -0.141. The third-order valence-electron chi connectivity index (χ3n) is 8.13. The lowest BCUT2D eigenvalue weighted by Crippen LogP contribution is -2.33. The number of esters is 1. The summed E-state index contributed by atoms with van der Waals surface area (Å²) in [6, 6.07) is 42.8. The first-order valence-corrected chi connectivity index (χ1v) is 16.2. The number of hydrogen-bond acceptors (Lipinski definition) is 6. The van der Waals surface area contributed by atoms with Crippen molar-refractivity contribution in [2.45, 2.75) is 38.8 Å². The summed E-state index contributed by atoms with van der Waals surface area (Å²) in [7, 11) is 1.37. The molecule has 5 aromatic rings. The van der Waals surface area contributed by atoms with Crippen LogP contribution in [0.5, 0.6) is 5.75 Å². The monoisotopic (exact) mass is 626 g/mol. The highest BCUT2D eigenvalue weighted by atomic mass is 16.5. The van der Waals surface area contributed by atoms with Crippen molar-refractivity contribution in [2.24, 2.45) is 0 Å². The molecule has 0 aromatic heterocycles. The fourth-order valence-electron chi connectivity index (χ4n) is 5.55. The van der Waals surface area contributed by atoms with Crippen molar-refractivity contribution in [3.8, 4) is 5.75 Å². The van der Waals surface area contributed by atoms with Crippen LogP contribution >= 0.6 is 0 Å². The Hall–Kier alpha value is -5.36. The summed E-state index contributed by atoms with van der Waals surface area (Å²) in [4.78, 5) is 28.5. The number of rotatable bonds is 16. The molecule has 6 heteroatoms. The number of para-hydroxylation sites is 1. The topological polar surface area (TPSA) is 67.9 Å². The van der Waals surface area contributed by atoms with E-state index in [0.29, 0.717) is 29.8 Å². The molecule has 0 fully saturated rings. The van der Waals surface area contributed by atoms with Gasteiger partial charge in [-0.3, -0.25) is 4.79 Å². The SMILES string of the molecule is CCc1cccc(N(CCCOc2ccc(CC(Nc3ccccc3C(=O)c3ccccc3)C(=O)OC)cc2)Cc2ccccc2)c1. The van der Waals surface area contributed by atoms with Crippen LogP contribution in [0, 0.1) is 0 Å². The highest BCUT2D eigenvalue weighted by Gasteiger charge is 2.22. The van der Waals surface area contributed by atoms with Gasteiger partial charge in [0, 0.05) is 42.0 Å². The summed E-state index contributed by atoms with van der Waals surface area (Å²) < 4.78 is 11.2. The second kappa shape index (κ2) is 16.8. The maximum absolute atomic E-state index is 13.2. The fraction of sp³-hybridized carbons (Fsp3) is 0.220. The summed E-state index contributed by atoms with van der Waals surface area (Å²) in [5.41, 5.74) is 6.43. The van der Waals surface area contributed by atoms with Gasteiger partial charge in [0.15, 0.2) is 5.78 Å². The molecule has 0 aliphatic carbocycles. The number of ether oxygens (including phenoxy) is 2. The molecule has 5 aromatic carbocycles. The minimum atomic E-state index is -0.682. The van der Waals surface area contributed by atoms with E-state index in [-0.39, 0.29) is 5.78 Å². The average molecular weight is 627 g/mol. The van der Waals surface area contributed by atoms with Gasteiger partial charge < -0.3 is 19.7 Å². The highest BCUT2D eigenvalue weighted by molar-refractivity contribution is 6.12. The molecule has 6 nitrogen and oxygen atoms in total. The quantitative estimate of drug-likeness (QED) is 0.0677. The van der Waals surface area contributed by atoms with E-state index < -0.39 is 12.0 Å². The van der Waals surface area contributed by atoms with Crippen molar-refractivity contribution in [3.63, 3.8) is 0 Å². The molecular weight excluding hydrogens is 584 g/mol. The smallest absolute Gasteiger partial charge is 0.328 e. The molecule has 0 saturated carbocycles. The molecule has 0 bridgehead atoms. The summed E-state index contributed by atoms with van der Waals surface area (Å²) in [6.45, 7) is 4.46. The van der Waals surface area contributed by atoms with Crippen molar-refractivity contribution in [2.75, 3.05) is 30.5 Å². The van der Waals surface area contributed by atoms with Crippen LogP contribution in [-0.4, -0.2) is 38.1 Å². The first-order valence-electron chi connectivity index (χ1n) is 16.2. The fourth-order valence-corrected chi connectivity index (χ4v) is 5.55. The first-order chi connectivity index (χ1) is 23.0. The van der Waals surface area contributed by atoms with Crippen molar-refractivity contribution in [3.05, 3.63) is 161 Å². The van der Waals surface area contributed by atoms with Gasteiger partial charge in [-0.1, -0.05) is 104 Å². The van der Waals surface area contributed by atoms with Gasteiger partial charge in [-0.15, -0.1) is 0 Å². The van der Waals surface area contributed by atoms with Gasteiger partial charge in [-0.05, 0) is 65.9 Å². The van der Waals surface area contributed by atoms with Crippen molar-refractivity contribution in [1.82, 2.24) is 0 Å². The molecule has 0 spiro atoms. The zero-order valence-corrected chi connectivity index (χ0v) is 27.1. The van der Waals surface area contributed by atoms with Crippen LogP contribution in [-0.2, 0) is 28.9 Å². The number of carbonyl (C=O) groups is 2. The molecule has 240 valence electrons. The molecule has 5 rings (SSSR count). The molecule has 1 atom stereocenters. The molecule has 1 unspecified atom stereocenters. The number of benzene rings is 5. The van der Waals surface area contributed by atoms with Gasteiger partial charge in [0.1, 0.15) is 11.8 Å². The first kappa shape index (κ1) is 33.0. The van der Waals surface area contributed by atoms with Crippen molar-refractivity contribution in [1.29, 1.82) is 0 Å². The van der Waals surface area contributed by atoms with E-state index in [2.05, 4.69) is 65.7 Å². The minimum Gasteiger partial charge on any atom is -0.494 e. The van der Waals surface area contributed by atoms with Gasteiger partial charge in [0.25, 0.3) is 0 Å². The molecule has 0 amide bonds. The number of carbonyl (C=O) groups excluding carboxylic acids is 2. The highest BCUT2D eigenvalue weighted by Crippen LogP contribution is 2.23. The third kappa shape index (κ3) is 9.33. The molecule has 0 aliphatic heterocycles. The Kier molecular flexibility index (Phi) is 11.8. The van der Waals surface area contributed by atoms with Gasteiger partial charge in [-0.2, -0.15) is 0 Å². The predicted molar refractivity (Wildman–Crippen MR) is 189 cm³/mol. The van der Waals surface area contributed by atoms with Crippen LogP contribution in [0.1, 0.15) is 46.0 Å². The van der Waals surface area contributed by atoms with E-state index in [1.807, 2.05) is 66.7 Å². The molecule has 0 radical (unpaired) electrons. The molecular formula is C41H42N2O4. The number of nitrogens with zero attached hydrogens (tertiary/aromatic N) is 1. The number of nitrogens with one attached hydrogen (secondary N) is 1. The Bertz CT molecular complexity index is 1720. The third-order valence-corrected chi connectivity index (χ3v) is 8.13. The molecule has 0 saturated heterocycles. The molecule has 47 heavy (non-hydrogen) atoms. The van der Waals surface area contributed by atoms with Gasteiger partial charge in [-0.25, -0.2) is 4.79 Å². The van der Waals surface area contributed by atoms with Crippen molar-refractivity contribution >= 4 is 23.1 Å². The van der Waals surface area contributed by atoms with Crippen LogP contribution in [0.25, 0.3) is 0 Å². The Morgan fingerprint density at radius 3 is 2.15 bits per heavy atom. The number of anilines is 2. The lowest BCUT2D eigenvalue weighted by Gasteiger charge is -2.26. The Morgan fingerprint density at radius 2 is 1.43 bits per heavy atom. The van der Waals surface area contributed by atoms with E-state index in [9.17, 15) is 9.59 Å². The van der Waals surface area contributed by atoms with Crippen LogP contribution in [0.15, 0.2) is 133 Å². The summed E-state index contributed by atoms with van der Waals surface area (Å²) >= 11 is 0. The normalized spacial score (nSPS) is 11.4. The van der Waals surface area contributed by atoms with E-state index in [1.165, 1.54) is 23.9 Å². The summed E-state index contributed by atoms with van der Waals surface area (Å²) in [5.74, 6) is 0.256. The van der Waals surface area contributed by atoms with E-state index in [4.69, 9.17) is 9.47 Å². The average Bonchev–Trinajstić information content (AvgIpc) is 3.13. The standard InChI is InChI=1S/C41H42N2O4/c1-3-31-16-12-19-35(28-31)43(30-33-14-6-4-7-15-33)26-13-27-47-36-24-22-32(23-25-36)29-39(41(45)46-2)42-38-21-11-10-20-37(38)40(44)34-17-8-5-9-18-34/h4-12,14-25,28,39,42H,3,13,26-27,29-30H2,1-2H3. The second-order valence-corrected chi connectivity index (χ2v) is 11.4. The Labute approximate surface area is 278 Å². The largest absolute Gasteiger partial charge is 0.494 e. The Balaban J connectivity index is 1.19. The number of hydrogen-bond donors (Lipinski definition) is 1. The van der Waals surface area contributed by atoms with Gasteiger partial charge in [0.05, 0.1) is 13.7 Å². The van der Waals surface area contributed by atoms with Crippen LogP contribution in [0.4, 0.5) is 11.4 Å². The van der Waals surface area contributed by atoms with E-state index >= 15 is 0 Å². The van der Waals surface area contributed by atoms with Gasteiger partial charge in [0.2, 0.25) is 0 Å².